The Bertz CT molecular complexity index is 547. The van der Waals surface area contributed by atoms with E-state index in [1.54, 1.807) is 0 Å². The summed E-state index contributed by atoms with van der Waals surface area (Å²) >= 11 is 0. The van der Waals surface area contributed by atoms with Gasteiger partial charge >= 0.3 is 11.7 Å². The second kappa shape index (κ2) is 5.27. The molecule has 0 aromatic carbocycles. The molecule has 108 valence electrons. The van der Waals surface area contributed by atoms with Crippen LogP contribution in [-0.2, 0) is 16.1 Å². The topological polar surface area (TPSA) is 127 Å². The van der Waals surface area contributed by atoms with Crippen LogP contribution in [0.1, 0.15) is 25.7 Å². The van der Waals surface area contributed by atoms with E-state index in [2.05, 4.69) is 10.4 Å². The molecule has 1 saturated carbocycles. The van der Waals surface area contributed by atoms with Crippen LogP contribution < -0.4 is 5.32 Å². The molecule has 1 aromatic heterocycles. The van der Waals surface area contributed by atoms with Crippen molar-refractivity contribution >= 4 is 17.6 Å². The van der Waals surface area contributed by atoms with E-state index in [0.717, 1.165) is 29.9 Å². The summed E-state index contributed by atoms with van der Waals surface area (Å²) < 4.78 is 1.11. The van der Waals surface area contributed by atoms with Gasteiger partial charge in [0, 0.05) is 0 Å². The molecule has 1 aliphatic rings. The number of nitrogens with zero attached hydrogens (tertiary/aromatic N) is 3. The van der Waals surface area contributed by atoms with Crippen LogP contribution in [0.15, 0.2) is 12.4 Å². The van der Waals surface area contributed by atoms with Gasteiger partial charge in [-0.05, 0) is 12.8 Å². The fourth-order valence-corrected chi connectivity index (χ4v) is 2.36. The number of aliphatic carboxylic acids is 1. The van der Waals surface area contributed by atoms with Gasteiger partial charge in [-0.1, -0.05) is 12.8 Å². The average molecular weight is 282 g/mol. The van der Waals surface area contributed by atoms with Crippen LogP contribution in [0.5, 0.6) is 0 Å². The highest BCUT2D eigenvalue weighted by Gasteiger charge is 2.42. The number of rotatable bonds is 5. The van der Waals surface area contributed by atoms with Gasteiger partial charge in [-0.15, -0.1) is 0 Å². The summed E-state index contributed by atoms with van der Waals surface area (Å²) in [4.78, 5) is 33.0. The van der Waals surface area contributed by atoms with Crippen LogP contribution >= 0.6 is 0 Å². The lowest BCUT2D eigenvalue weighted by Gasteiger charge is -2.25. The Morgan fingerprint density at radius 2 is 2.15 bits per heavy atom. The van der Waals surface area contributed by atoms with E-state index < -0.39 is 22.3 Å². The number of nitro groups is 1. The fourth-order valence-electron chi connectivity index (χ4n) is 2.36. The summed E-state index contributed by atoms with van der Waals surface area (Å²) in [6.45, 7) is -0.247. The van der Waals surface area contributed by atoms with Crippen LogP contribution in [0.4, 0.5) is 5.69 Å². The van der Waals surface area contributed by atoms with Crippen LogP contribution in [0, 0.1) is 10.1 Å². The summed E-state index contributed by atoms with van der Waals surface area (Å²) in [5.74, 6) is -1.57. The molecular formula is C11H14N4O5. The molecule has 0 radical (unpaired) electrons. The zero-order chi connectivity index (χ0) is 14.8. The van der Waals surface area contributed by atoms with Crippen LogP contribution in [0.2, 0.25) is 0 Å². The molecule has 1 fully saturated rings. The van der Waals surface area contributed by atoms with Crippen LogP contribution in [0.3, 0.4) is 0 Å². The summed E-state index contributed by atoms with van der Waals surface area (Å²) in [6.07, 6.45) is 4.46. The molecule has 9 nitrogen and oxygen atoms in total. The van der Waals surface area contributed by atoms with Gasteiger partial charge in [0.25, 0.3) is 0 Å². The van der Waals surface area contributed by atoms with Crippen molar-refractivity contribution in [2.24, 2.45) is 0 Å². The van der Waals surface area contributed by atoms with Crippen molar-refractivity contribution in [3.63, 3.8) is 0 Å². The Morgan fingerprint density at radius 3 is 2.65 bits per heavy atom. The van der Waals surface area contributed by atoms with Gasteiger partial charge in [-0.2, -0.15) is 5.10 Å². The second-order valence-corrected chi connectivity index (χ2v) is 4.80. The summed E-state index contributed by atoms with van der Waals surface area (Å²) in [5.41, 5.74) is -1.43. The predicted molar refractivity (Wildman–Crippen MR) is 65.9 cm³/mol. The first kappa shape index (κ1) is 14.0. The molecule has 0 atom stereocenters. The number of aromatic nitrogens is 2. The van der Waals surface area contributed by atoms with Crippen molar-refractivity contribution in [1.82, 2.24) is 15.1 Å². The molecular weight excluding hydrogens is 268 g/mol. The highest BCUT2D eigenvalue weighted by atomic mass is 16.6. The standard InChI is InChI=1S/C11H14N4O5/c16-9(7-14-6-8(5-12-14)15(19)20)13-11(10(17)18)3-1-2-4-11/h5-6H,1-4,7H2,(H,13,16)(H,17,18). The van der Waals surface area contributed by atoms with Crippen molar-refractivity contribution < 1.29 is 19.6 Å². The SMILES string of the molecule is O=C(Cn1cc([N+](=O)[O-])cn1)NC1(C(=O)O)CCCC1. The van der Waals surface area contributed by atoms with Crippen molar-refractivity contribution in [2.45, 2.75) is 37.8 Å². The molecule has 0 aliphatic heterocycles. The van der Waals surface area contributed by atoms with Gasteiger partial charge in [0.05, 0.1) is 4.92 Å². The van der Waals surface area contributed by atoms with Crippen molar-refractivity contribution in [3.8, 4) is 0 Å². The molecule has 9 heteroatoms. The van der Waals surface area contributed by atoms with E-state index in [4.69, 9.17) is 0 Å². The van der Waals surface area contributed by atoms with Crippen LogP contribution in [0.25, 0.3) is 0 Å². The molecule has 0 spiro atoms. The Labute approximate surface area is 113 Å². The molecule has 0 saturated heterocycles. The van der Waals surface area contributed by atoms with E-state index in [0.29, 0.717) is 12.8 Å². The number of carboxylic acid groups (broad SMARTS) is 1. The molecule has 1 aliphatic carbocycles. The van der Waals surface area contributed by atoms with Crippen LogP contribution in [-0.4, -0.2) is 37.2 Å². The molecule has 0 unspecified atom stereocenters. The third-order valence-electron chi connectivity index (χ3n) is 3.38. The van der Waals surface area contributed by atoms with Gasteiger partial charge < -0.3 is 10.4 Å². The fraction of sp³-hybridized carbons (Fsp3) is 0.545. The number of hydrogen-bond acceptors (Lipinski definition) is 5. The second-order valence-electron chi connectivity index (χ2n) is 4.80. The highest BCUT2D eigenvalue weighted by molar-refractivity contribution is 5.87. The van der Waals surface area contributed by atoms with Gasteiger partial charge in [0.1, 0.15) is 24.5 Å². The Kier molecular flexibility index (Phi) is 3.68. The zero-order valence-corrected chi connectivity index (χ0v) is 10.6. The molecule has 1 heterocycles. The van der Waals surface area contributed by atoms with Crippen molar-refractivity contribution in [2.75, 3.05) is 0 Å². The van der Waals surface area contributed by atoms with Crippen molar-refractivity contribution in [3.05, 3.63) is 22.5 Å². The van der Waals surface area contributed by atoms with Gasteiger partial charge in [0.15, 0.2) is 0 Å². The molecule has 1 aromatic rings. The normalized spacial score (nSPS) is 16.8. The first-order valence-electron chi connectivity index (χ1n) is 6.14. The Balaban J connectivity index is 2.01. The largest absolute Gasteiger partial charge is 0.480 e. The Hall–Kier alpha value is -2.45. The number of nitrogens with one attached hydrogen (secondary N) is 1. The predicted octanol–water partition coefficient (Wildman–Crippen LogP) is 0.305. The molecule has 2 rings (SSSR count). The van der Waals surface area contributed by atoms with Gasteiger partial charge in [-0.25, -0.2) is 4.79 Å². The number of carbonyl (C=O) groups excluding carboxylic acids is 1. The smallest absolute Gasteiger partial charge is 0.329 e. The number of amides is 1. The van der Waals surface area contributed by atoms with E-state index in [1.807, 2.05) is 0 Å². The third-order valence-corrected chi connectivity index (χ3v) is 3.38. The maximum atomic E-state index is 11.9. The monoisotopic (exact) mass is 282 g/mol. The third kappa shape index (κ3) is 2.76. The number of hydrogen-bond donors (Lipinski definition) is 2. The highest BCUT2D eigenvalue weighted by Crippen LogP contribution is 2.29. The quantitative estimate of drug-likeness (QED) is 0.590. The lowest BCUT2D eigenvalue weighted by atomic mass is 9.98. The van der Waals surface area contributed by atoms with E-state index >= 15 is 0 Å². The van der Waals surface area contributed by atoms with Gasteiger partial charge in [-0.3, -0.25) is 19.6 Å². The maximum Gasteiger partial charge on any atom is 0.329 e. The Morgan fingerprint density at radius 1 is 1.50 bits per heavy atom. The summed E-state index contributed by atoms with van der Waals surface area (Å²) in [6, 6.07) is 0. The van der Waals surface area contributed by atoms with E-state index in [9.17, 15) is 24.8 Å². The lowest BCUT2D eigenvalue weighted by Crippen LogP contribution is -2.53. The summed E-state index contributed by atoms with van der Waals surface area (Å²) in [7, 11) is 0. The first-order valence-corrected chi connectivity index (χ1v) is 6.14. The number of carboxylic acids is 1. The minimum atomic E-state index is -1.21. The lowest BCUT2D eigenvalue weighted by molar-refractivity contribution is -0.385. The minimum absolute atomic E-state index is 0.216. The van der Waals surface area contributed by atoms with Gasteiger partial charge in [0.2, 0.25) is 5.91 Å². The average Bonchev–Trinajstić information content (AvgIpc) is 2.98. The van der Waals surface area contributed by atoms with Crippen molar-refractivity contribution in [1.29, 1.82) is 0 Å². The minimum Gasteiger partial charge on any atom is -0.480 e. The zero-order valence-electron chi connectivity index (χ0n) is 10.6. The molecule has 20 heavy (non-hydrogen) atoms. The first-order chi connectivity index (χ1) is 9.43. The number of carbonyl (C=O) groups is 2. The molecule has 0 bridgehead atoms. The van der Waals surface area contributed by atoms with E-state index in [-0.39, 0.29) is 12.2 Å². The van der Waals surface area contributed by atoms with E-state index in [1.165, 1.54) is 0 Å². The summed E-state index contributed by atoms with van der Waals surface area (Å²) in [5, 5.41) is 25.9. The maximum absolute atomic E-state index is 11.9. The molecule has 1 amide bonds. The molecule has 2 N–H and O–H groups in total.